The highest BCUT2D eigenvalue weighted by Gasteiger charge is 2.18. The highest BCUT2D eigenvalue weighted by molar-refractivity contribution is 6.58. The van der Waals surface area contributed by atoms with Crippen LogP contribution in [0.25, 0.3) is 0 Å². The van der Waals surface area contributed by atoms with Gasteiger partial charge in [-0.3, -0.25) is 0 Å². The summed E-state index contributed by atoms with van der Waals surface area (Å²) in [6, 6.07) is 44.6. The Bertz CT molecular complexity index is 808. The van der Waals surface area contributed by atoms with E-state index in [-0.39, 0.29) is 19.0 Å². The zero-order valence-corrected chi connectivity index (χ0v) is 19.7. The molecule has 0 unspecified atom stereocenters. The van der Waals surface area contributed by atoms with E-state index >= 15 is 0 Å². The first-order valence-corrected chi connectivity index (χ1v) is 14.2. The average molecular weight is 409 g/mol. The van der Waals surface area contributed by atoms with Crippen LogP contribution in [0.1, 0.15) is 33.3 Å². The molecule has 0 saturated carbocycles. The lowest BCUT2D eigenvalue weighted by atomic mass is 10.0. The Balaban J connectivity index is 1.53. The normalized spacial score (nSPS) is 11.9. The van der Waals surface area contributed by atoms with E-state index in [1.54, 1.807) is 0 Å². The maximum absolute atomic E-state index is 2.32. The van der Waals surface area contributed by atoms with Gasteiger partial charge < -0.3 is 0 Å². The monoisotopic (exact) mass is 408 g/mol. The molecule has 4 aromatic rings. The smallest absolute Gasteiger partial charge is 0.0312 e. The van der Waals surface area contributed by atoms with Crippen LogP contribution in [0.4, 0.5) is 0 Å². The summed E-state index contributed by atoms with van der Waals surface area (Å²) in [7, 11) is -0.524. The summed E-state index contributed by atoms with van der Waals surface area (Å²) in [5, 5.41) is 0. The topological polar surface area (TPSA) is 0 Å². The first-order chi connectivity index (χ1) is 14.4. The molecule has 0 amide bonds. The average Bonchev–Trinajstić information content (AvgIpc) is 2.81. The predicted molar refractivity (Wildman–Crippen MR) is 131 cm³/mol. The van der Waals surface area contributed by atoms with Crippen molar-refractivity contribution >= 4 is 19.0 Å². The molecule has 0 aliphatic carbocycles. The van der Waals surface area contributed by atoms with Crippen LogP contribution in [-0.2, 0) is 0 Å². The van der Waals surface area contributed by atoms with Crippen molar-refractivity contribution in [3.05, 3.63) is 144 Å². The van der Waals surface area contributed by atoms with Crippen LogP contribution in [0, 0.1) is 0 Å². The second-order valence-corrected chi connectivity index (χ2v) is 13.3. The van der Waals surface area contributed by atoms with E-state index < -0.39 is 0 Å². The minimum absolute atomic E-state index is 0.262. The van der Waals surface area contributed by atoms with Gasteiger partial charge in [-0.15, -0.1) is 0 Å². The van der Waals surface area contributed by atoms with Crippen LogP contribution in [0.3, 0.4) is 0 Å². The third-order valence-corrected chi connectivity index (χ3v) is 12.1. The fourth-order valence-corrected chi connectivity index (χ4v) is 10.9. The van der Waals surface area contributed by atoms with Gasteiger partial charge in [0.15, 0.2) is 0 Å². The van der Waals surface area contributed by atoms with Crippen molar-refractivity contribution in [2.75, 3.05) is 0 Å². The molecule has 4 rings (SSSR count). The Morgan fingerprint density at radius 2 is 0.621 bits per heavy atom. The van der Waals surface area contributed by atoms with Crippen LogP contribution in [-0.4, -0.2) is 19.0 Å². The van der Waals surface area contributed by atoms with Crippen molar-refractivity contribution in [1.82, 2.24) is 0 Å². The standard InChI is InChI=1S/C27H28Si2/c1-5-13-22(14-6-1)26(23-15-7-2-8-16-23)28-21-29-27(24-17-9-3-10-18-24)25-19-11-4-12-20-25/h1-20,26-27H,21,28-29H2. The number of hydrogen-bond acceptors (Lipinski definition) is 0. The third kappa shape index (κ3) is 5.23. The summed E-state index contributed by atoms with van der Waals surface area (Å²) in [6.45, 7) is 0. The summed E-state index contributed by atoms with van der Waals surface area (Å²) in [5.41, 5.74) is 8.69. The van der Waals surface area contributed by atoms with Gasteiger partial charge in [0, 0.05) is 19.0 Å². The van der Waals surface area contributed by atoms with Crippen molar-refractivity contribution in [3.63, 3.8) is 0 Å². The Labute approximate surface area is 179 Å². The highest BCUT2D eigenvalue weighted by Crippen LogP contribution is 2.27. The van der Waals surface area contributed by atoms with Crippen molar-refractivity contribution in [1.29, 1.82) is 0 Å². The molecule has 0 radical (unpaired) electrons. The van der Waals surface area contributed by atoms with E-state index in [1.165, 1.54) is 27.9 Å². The summed E-state index contributed by atoms with van der Waals surface area (Å²) >= 11 is 0. The summed E-state index contributed by atoms with van der Waals surface area (Å²) < 4.78 is 0. The van der Waals surface area contributed by atoms with E-state index in [1.807, 2.05) is 0 Å². The van der Waals surface area contributed by atoms with E-state index in [0.29, 0.717) is 11.1 Å². The number of benzene rings is 4. The lowest BCUT2D eigenvalue weighted by Gasteiger charge is -2.21. The molecule has 0 aliphatic rings. The van der Waals surface area contributed by atoms with Crippen molar-refractivity contribution in [2.45, 2.75) is 16.7 Å². The van der Waals surface area contributed by atoms with E-state index in [4.69, 9.17) is 0 Å². The van der Waals surface area contributed by atoms with Crippen LogP contribution < -0.4 is 0 Å². The third-order valence-electron chi connectivity index (χ3n) is 5.79. The molecule has 0 saturated heterocycles. The lowest BCUT2D eigenvalue weighted by Crippen LogP contribution is -2.17. The molecule has 29 heavy (non-hydrogen) atoms. The largest absolute Gasteiger partial charge is 0.0704 e. The van der Waals surface area contributed by atoms with Gasteiger partial charge in [0.05, 0.1) is 0 Å². The first-order valence-electron chi connectivity index (χ1n) is 10.6. The van der Waals surface area contributed by atoms with Crippen molar-refractivity contribution in [2.24, 2.45) is 0 Å². The molecule has 4 aromatic carbocycles. The Hall–Kier alpha value is -2.69. The molecule has 0 bridgehead atoms. The SMILES string of the molecule is c1ccc(C([SiH2]C[SiH2]C(c2ccccc2)c2ccccc2)c2ccccc2)cc1. The maximum Gasteiger partial charge on any atom is 0.0312 e. The summed E-state index contributed by atoms with van der Waals surface area (Å²) in [4.78, 5) is 0. The zero-order valence-electron chi connectivity index (χ0n) is 16.8. The molecule has 2 heteroatoms. The zero-order chi connectivity index (χ0) is 19.7. The van der Waals surface area contributed by atoms with Gasteiger partial charge >= 0.3 is 0 Å². The summed E-state index contributed by atoms with van der Waals surface area (Å²) in [5.74, 6) is 0. The van der Waals surface area contributed by atoms with Crippen molar-refractivity contribution < 1.29 is 0 Å². The number of hydrogen-bond donors (Lipinski definition) is 0. The molecule has 0 heterocycles. The van der Waals surface area contributed by atoms with Crippen molar-refractivity contribution in [3.8, 4) is 0 Å². The maximum atomic E-state index is 2.32. The molecule has 0 aliphatic heterocycles. The van der Waals surface area contributed by atoms with Gasteiger partial charge in [-0.2, -0.15) is 0 Å². The highest BCUT2D eigenvalue weighted by atomic mass is 28.3. The molecule has 144 valence electrons. The Morgan fingerprint density at radius 3 is 0.862 bits per heavy atom. The summed E-state index contributed by atoms with van der Waals surface area (Å²) in [6.07, 6.45) is 0. The first kappa shape index (κ1) is 19.6. The fraction of sp³-hybridized carbons (Fsp3) is 0.111. The van der Waals surface area contributed by atoms with Gasteiger partial charge in [-0.25, -0.2) is 0 Å². The van der Waals surface area contributed by atoms with Gasteiger partial charge in [0.1, 0.15) is 0 Å². The minimum Gasteiger partial charge on any atom is -0.0704 e. The molecule has 0 N–H and O–H groups in total. The number of rotatable bonds is 8. The Kier molecular flexibility index (Phi) is 6.90. The fourth-order valence-electron chi connectivity index (χ4n) is 4.32. The molecule has 0 atom stereocenters. The van der Waals surface area contributed by atoms with Crippen LogP contribution in [0.5, 0.6) is 0 Å². The minimum atomic E-state index is -0.262. The van der Waals surface area contributed by atoms with Gasteiger partial charge in [0.2, 0.25) is 0 Å². The van der Waals surface area contributed by atoms with Crippen LogP contribution in [0.2, 0.25) is 5.67 Å². The molecular weight excluding hydrogens is 380 g/mol. The van der Waals surface area contributed by atoms with Gasteiger partial charge in [-0.1, -0.05) is 127 Å². The lowest BCUT2D eigenvalue weighted by molar-refractivity contribution is 1.10. The molecule has 0 aromatic heterocycles. The van der Waals surface area contributed by atoms with Gasteiger partial charge in [-0.05, 0) is 33.3 Å². The van der Waals surface area contributed by atoms with E-state index in [9.17, 15) is 0 Å². The molecule has 0 nitrogen and oxygen atoms in total. The molecule has 0 spiro atoms. The van der Waals surface area contributed by atoms with Gasteiger partial charge in [0.25, 0.3) is 0 Å². The predicted octanol–water partition coefficient (Wildman–Crippen LogP) is 5.28. The van der Waals surface area contributed by atoms with E-state index in [0.717, 1.165) is 0 Å². The Morgan fingerprint density at radius 1 is 0.379 bits per heavy atom. The van der Waals surface area contributed by atoms with Crippen LogP contribution >= 0.6 is 0 Å². The second-order valence-electron chi connectivity index (χ2n) is 7.68. The quantitative estimate of drug-likeness (QED) is 0.348. The second kappa shape index (κ2) is 10.2. The van der Waals surface area contributed by atoms with Crippen LogP contribution in [0.15, 0.2) is 121 Å². The molecular formula is C27H28Si2. The van der Waals surface area contributed by atoms with E-state index in [2.05, 4.69) is 121 Å². The molecule has 0 fully saturated rings.